The van der Waals surface area contributed by atoms with Gasteiger partial charge in [0.25, 0.3) is 0 Å². The predicted molar refractivity (Wildman–Crippen MR) is 90.8 cm³/mol. The molecule has 1 N–H and O–H groups in total. The van der Waals surface area contributed by atoms with Crippen LogP contribution in [0.15, 0.2) is 42.9 Å². The number of morpholine rings is 1. The molecule has 0 aliphatic carbocycles. The fraction of sp³-hybridized carbons (Fsp3) is 0.389. The van der Waals surface area contributed by atoms with E-state index in [-0.39, 0.29) is 24.7 Å². The van der Waals surface area contributed by atoms with Gasteiger partial charge in [-0.3, -0.25) is 9.97 Å². The van der Waals surface area contributed by atoms with Crippen molar-refractivity contribution in [1.29, 1.82) is 0 Å². The van der Waals surface area contributed by atoms with Crippen LogP contribution in [0.2, 0.25) is 0 Å². The lowest BCUT2D eigenvalue weighted by Crippen LogP contribution is -2.47. The second-order valence-corrected chi connectivity index (χ2v) is 6.07. The molecule has 1 aliphatic heterocycles. The van der Waals surface area contributed by atoms with Crippen molar-refractivity contribution in [2.45, 2.75) is 18.7 Å². The number of aromatic nitrogens is 2. The summed E-state index contributed by atoms with van der Waals surface area (Å²) in [6.07, 6.45) is -0.0187. The lowest BCUT2D eigenvalue weighted by molar-refractivity contribution is -0.140. The molecule has 3 rings (SSSR count). The van der Waals surface area contributed by atoms with Crippen LogP contribution in [-0.4, -0.2) is 47.1 Å². The molecular formula is C18H19F3N4O2. The number of halogens is 3. The highest BCUT2D eigenvalue weighted by atomic mass is 19.4. The molecule has 6 nitrogen and oxygen atoms in total. The number of ether oxygens (including phenoxy) is 1. The largest absolute Gasteiger partial charge is 0.416 e. The molecule has 144 valence electrons. The zero-order chi connectivity index (χ0) is 19.3. The molecule has 0 bridgehead atoms. The average Bonchev–Trinajstić information content (AvgIpc) is 2.68. The number of amides is 2. The second kappa shape index (κ2) is 8.34. The molecule has 27 heavy (non-hydrogen) atoms. The van der Waals surface area contributed by atoms with Crippen LogP contribution in [0.25, 0.3) is 0 Å². The van der Waals surface area contributed by atoms with Crippen molar-refractivity contribution in [3.63, 3.8) is 0 Å². The van der Waals surface area contributed by atoms with E-state index in [1.807, 2.05) is 0 Å². The van der Waals surface area contributed by atoms with Gasteiger partial charge in [0, 0.05) is 38.1 Å². The maximum Gasteiger partial charge on any atom is 0.416 e. The number of carbonyl (C=O) groups is 1. The first-order valence-corrected chi connectivity index (χ1v) is 8.50. The quantitative estimate of drug-likeness (QED) is 0.886. The van der Waals surface area contributed by atoms with Gasteiger partial charge in [-0.25, -0.2) is 4.79 Å². The average molecular weight is 380 g/mol. The summed E-state index contributed by atoms with van der Waals surface area (Å²) < 4.78 is 45.2. The summed E-state index contributed by atoms with van der Waals surface area (Å²) in [5.41, 5.74) is 0.0544. The van der Waals surface area contributed by atoms with Crippen LogP contribution in [0, 0.1) is 0 Å². The zero-order valence-electron chi connectivity index (χ0n) is 14.4. The summed E-state index contributed by atoms with van der Waals surface area (Å²) in [7, 11) is 0. The van der Waals surface area contributed by atoms with Crippen molar-refractivity contribution in [1.82, 2.24) is 20.2 Å². The van der Waals surface area contributed by atoms with Crippen LogP contribution >= 0.6 is 0 Å². The third-order valence-electron chi connectivity index (χ3n) is 4.24. The molecule has 9 heteroatoms. The van der Waals surface area contributed by atoms with E-state index < -0.39 is 17.8 Å². The van der Waals surface area contributed by atoms with Crippen LogP contribution in [0.5, 0.6) is 0 Å². The monoisotopic (exact) mass is 380 g/mol. The van der Waals surface area contributed by atoms with Gasteiger partial charge >= 0.3 is 12.2 Å². The maximum absolute atomic E-state index is 13.2. The standard InChI is InChI=1S/C18H19F3N4O2/c19-18(20,21)15-4-2-1-3-14(15)16-12-25(9-10-27-16)17(26)24-6-5-13-11-22-7-8-23-13/h1-4,7-8,11,16H,5-6,9-10,12H2,(H,24,26). The Morgan fingerprint density at radius 1 is 1.30 bits per heavy atom. The van der Waals surface area contributed by atoms with Crippen molar-refractivity contribution in [2.75, 3.05) is 26.2 Å². The first kappa shape index (κ1) is 19.1. The number of hydrogen-bond acceptors (Lipinski definition) is 4. The summed E-state index contributed by atoms with van der Waals surface area (Å²) in [6, 6.07) is 4.96. The predicted octanol–water partition coefficient (Wildman–Crippen LogP) is 2.82. The Morgan fingerprint density at radius 3 is 2.85 bits per heavy atom. The fourth-order valence-electron chi connectivity index (χ4n) is 2.93. The molecule has 1 aliphatic rings. The highest BCUT2D eigenvalue weighted by Crippen LogP contribution is 2.36. The highest BCUT2D eigenvalue weighted by Gasteiger charge is 2.37. The molecule has 1 saturated heterocycles. The van der Waals surface area contributed by atoms with Crippen LogP contribution in [-0.2, 0) is 17.3 Å². The molecule has 0 spiro atoms. The number of nitrogens with one attached hydrogen (secondary N) is 1. The minimum absolute atomic E-state index is 0.0436. The van der Waals surface area contributed by atoms with Gasteiger partial charge in [0.15, 0.2) is 0 Å². The molecule has 2 aromatic rings. The van der Waals surface area contributed by atoms with Gasteiger partial charge in [0.05, 0.1) is 24.4 Å². The number of benzene rings is 1. The first-order valence-electron chi connectivity index (χ1n) is 8.50. The van der Waals surface area contributed by atoms with Gasteiger partial charge < -0.3 is 15.0 Å². The van der Waals surface area contributed by atoms with E-state index in [4.69, 9.17) is 4.74 Å². The summed E-state index contributed by atoms with van der Waals surface area (Å²) >= 11 is 0. The summed E-state index contributed by atoms with van der Waals surface area (Å²) in [5, 5.41) is 2.76. The van der Waals surface area contributed by atoms with E-state index in [1.54, 1.807) is 18.6 Å². The van der Waals surface area contributed by atoms with Crippen molar-refractivity contribution < 1.29 is 22.7 Å². The smallest absolute Gasteiger partial charge is 0.370 e. The minimum atomic E-state index is -4.47. The van der Waals surface area contributed by atoms with Crippen LogP contribution in [0.4, 0.5) is 18.0 Å². The fourth-order valence-corrected chi connectivity index (χ4v) is 2.93. The Morgan fingerprint density at radius 2 is 2.11 bits per heavy atom. The molecule has 0 radical (unpaired) electrons. The highest BCUT2D eigenvalue weighted by molar-refractivity contribution is 5.74. The van der Waals surface area contributed by atoms with Gasteiger partial charge in [0.1, 0.15) is 6.10 Å². The van der Waals surface area contributed by atoms with E-state index in [1.165, 1.54) is 23.1 Å². The van der Waals surface area contributed by atoms with Gasteiger partial charge in [-0.1, -0.05) is 18.2 Å². The molecule has 1 unspecified atom stereocenters. The third-order valence-corrected chi connectivity index (χ3v) is 4.24. The molecule has 2 amide bonds. The summed E-state index contributed by atoms with van der Waals surface area (Å²) in [5.74, 6) is 0. The molecule has 1 aromatic carbocycles. The topological polar surface area (TPSA) is 67.4 Å². The summed E-state index contributed by atoms with van der Waals surface area (Å²) in [6.45, 7) is 0.916. The molecule has 0 saturated carbocycles. The van der Waals surface area contributed by atoms with Crippen LogP contribution in [0.1, 0.15) is 22.9 Å². The van der Waals surface area contributed by atoms with E-state index in [2.05, 4.69) is 15.3 Å². The van der Waals surface area contributed by atoms with Crippen molar-refractivity contribution >= 4 is 6.03 Å². The Kier molecular flexibility index (Phi) is 5.90. The SMILES string of the molecule is O=C(NCCc1cnccn1)N1CCOC(c2ccccc2C(F)(F)F)C1. The van der Waals surface area contributed by atoms with E-state index in [9.17, 15) is 18.0 Å². The number of hydrogen-bond donors (Lipinski definition) is 1. The third kappa shape index (κ3) is 4.94. The molecule has 1 aromatic heterocycles. The minimum Gasteiger partial charge on any atom is -0.370 e. The van der Waals surface area contributed by atoms with Crippen LogP contribution in [0.3, 0.4) is 0 Å². The molecular weight excluding hydrogens is 361 g/mol. The maximum atomic E-state index is 13.2. The number of carbonyl (C=O) groups excluding carboxylic acids is 1. The van der Waals surface area contributed by atoms with Crippen LogP contribution < -0.4 is 5.32 Å². The Labute approximate surface area is 154 Å². The van der Waals surface area contributed by atoms with Crippen molar-refractivity contribution in [3.8, 4) is 0 Å². The van der Waals surface area contributed by atoms with Gasteiger partial charge in [-0.2, -0.15) is 13.2 Å². The molecule has 2 heterocycles. The van der Waals surface area contributed by atoms with Gasteiger partial charge in [-0.15, -0.1) is 0 Å². The Bertz CT molecular complexity index is 771. The number of rotatable bonds is 4. The van der Waals surface area contributed by atoms with E-state index in [0.717, 1.165) is 11.8 Å². The number of nitrogens with zero attached hydrogens (tertiary/aromatic N) is 3. The van der Waals surface area contributed by atoms with Gasteiger partial charge in [0.2, 0.25) is 0 Å². The van der Waals surface area contributed by atoms with E-state index >= 15 is 0 Å². The van der Waals surface area contributed by atoms with Gasteiger partial charge in [-0.05, 0) is 11.6 Å². The normalized spacial score (nSPS) is 17.6. The van der Waals surface area contributed by atoms with Crippen molar-refractivity contribution in [3.05, 3.63) is 59.7 Å². The lowest BCUT2D eigenvalue weighted by atomic mass is 10.0. The lowest BCUT2D eigenvalue weighted by Gasteiger charge is -2.34. The van der Waals surface area contributed by atoms with Crippen molar-refractivity contribution in [2.24, 2.45) is 0 Å². The zero-order valence-corrected chi connectivity index (χ0v) is 14.4. The Hall–Kier alpha value is -2.68. The first-order chi connectivity index (χ1) is 12.9. The number of urea groups is 1. The number of alkyl halides is 3. The van der Waals surface area contributed by atoms with E-state index in [0.29, 0.717) is 19.5 Å². The Balaban J connectivity index is 1.60. The molecule has 1 atom stereocenters. The molecule has 1 fully saturated rings. The second-order valence-electron chi connectivity index (χ2n) is 6.07. The summed E-state index contributed by atoms with van der Waals surface area (Å²) in [4.78, 5) is 21.9.